The van der Waals surface area contributed by atoms with Crippen LogP contribution in [0.15, 0.2) is 66.7 Å². The number of aryl methyl sites for hydroxylation is 2. The van der Waals surface area contributed by atoms with Crippen molar-refractivity contribution in [2.75, 3.05) is 25.6 Å². The van der Waals surface area contributed by atoms with Gasteiger partial charge < -0.3 is 34.5 Å². The molecule has 3 N–H and O–H groups in total. The molecule has 14 heteroatoms. The van der Waals surface area contributed by atoms with Crippen LogP contribution in [0.3, 0.4) is 0 Å². The zero-order chi connectivity index (χ0) is 38.2. The number of quaternary nitrogens is 1. The average molecular weight is 767 g/mol. The number of hydrogen-bond donors (Lipinski definition) is 2. The summed E-state index contributed by atoms with van der Waals surface area (Å²) in [6.07, 6.45) is 1.20. The van der Waals surface area contributed by atoms with Gasteiger partial charge in [-0.1, -0.05) is 72.4 Å². The molecule has 0 bridgehead atoms. The van der Waals surface area contributed by atoms with E-state index in [1.165, 1.54) is 37.2 Å². The quantitative estimate of drug-likeness (QED) is 0.254. The Balaban J connectivity index is 0.000000338. The molecule has 0 spiro atoms. The van der Waals surface area contributed by atoms with Crippen molar-refractivity contribution in [3.8, 4) is 5.75 Å². The number of benzene rings is 3. The van der Waals surface area contributed by atoms with E-state index >= 15 is 0 Å². The molecule has 1 aliphatic heterocycles. The molecule has 1 aliphatic rings. The van der Waals surface area contributed by atoms with E-state index in [4.69, 9.17) is 37.4 Å². The highest BCUT2D eigenvalue weighted by atomic mass is 35.5. The van der Waals surface area contributed by atoms with Crippen molar-refractivity contribution in [3.05, 3.63) is 99.0 Å². The molecule has 0 unspecified atom stereocenters. The van der Waals surface area contributed by atoms with Gasteiger partial charge in [0.1, 0.15) is 11.9 Å². The standard InChI is InChI=1S/C20H18O8.C15H21Cl2NO.C2H6OS/c1-11-3-7-13(8-4-11)19(25)27-15(17(21)22)16(18(23)24)28-20(26)14-9-5-12(2)6-10-14;1-10(2)7-15(11-5-6-18-9-11)19-14-4-3-12(16)8-13(14)17;1-4(2)3/h3-10,15-16H,1-2H3,(H,21,22)(H,23,24);3-4,8,10-11,15,18H,5-7,9H2,1-2H3;1-2H3/t15-,16-;11-,15-;/m10./s1. The van der Waals surface area contributed by atoms with Crippen LogP contribution in [-0.2, 0) is 29.9 Å². The second kappa shape index (κ2) is 21.4. The summed E-state index contributed by atoms with van der Waals surface area (Å²) in [5.74, 6) is -3.98. The van der Waals surface area contributed by atoms with Gasteiger partial charge in [0.2, 0.25) is 6.10 Å². The van der Waals surface area contributed by atoms with E-state index in [-0.39, 0.29) is 17.2 Å². The summed E-state index contributed by atoms with van der Waals surface area (Å²) >= 11 is 12.1. The van der Waals surface area contributed by atoms with Crippen LogP contribution in [-0.4, -0.2) is 77.1 Å². The molecule has 0 amide bonds. The van der Waals surface area contributed by atoms with Crippen LogP contribution in [0.5, 0.6) is 5.75 Å². The summed E-state index contributed by atoms with van der Waals surface area (Å²) in [4.78, 5) is 47.2. The number of hydrogen-bond acceptors (Lipinski definition) is 9. The second-order valence-electron chi connectivity index (χ2n) is 12.5. The molecule has 0 radical (unpaired) electrons. The average Bonchev–Trinajstić information content (AvgIpc) is 3.59. The van der Waals surface area contributed by atoms with Crippen LogP contribution >= 0.6 is 23.2 Å². The molecule has 4 rings (SSSR count). The van der Waals surface area contributed by atoms with Crippen molar-refractivity contribution in [1.82, 2.24) is 0 Å². The maximum Gasteiger partial charge on any atom is 0.349 e. The lowest BCUT2D eigenvalue weighted by Gasteiger charge is -2.25. The van der Waals surface area contributed by atoms with E-state index in [1.807, 2.05) is 12.1 Å². The number of carboxylic acid groups (broad SMARTS) is 2. The number of nitrogens with two attached hydrogens (primary N) is 1. The minimum absolute atomic E-state index is 0.00542. The molecule has 3 aromatic carbocycles. The molecule has 278 valence electrons. The molecule has 0 aromatic heterocycles. The molecule has 3 aromatic rings. The van der Waals surface area contributed by atoms with Crippen molar-refractivity contribution in [1.29, 1.82) is 0 Å². The lowest BCUT2D eigenvalue weighted by atomic mass is 9.93. The van der Waals surface area contributed by atoms with Gasteiger partial charge in [0.15, 0.2) is 6.10 Å². The number of halogens is 2. The van der Waals surface area contributed by atoms with Gasteiger partial charge >= 0.3 is 17.9 Å². The van der Waals surface area contributed by atoms with Crippen molar-refractivity contribution < 1.29 is 53.1 Å². The molecular weight excluding hydrogens is 721 g/mol. The smallest absolute Gasteiger partial charge is 0.349 e. The van der Waals surface area contributed by atoms with Gasteiger partial charge in [0.25, 0.3) is 0 Å². The first-order valence-corrected chi connectivity index (χ1v) is 18.9. The number of ether oxygens (including phenoxy) is 3. The Morgan fingerprint density at radius 2 is 1.37 bits per heavy atom. The Hall–Kier alpha value is -3.97. The van der Waals surface area contributed by atoms with E-state index in [9.17, 15) is 33.6 Å². The number of aliphatic carboxylic acids is 2. The number of carbonyl (C=O) groups excluding carboxylic acids is 3. The first kappa shape index (κ1) is 43.2. The summed E-state index contributed by atoms with van der Waals surface area (Å²) in [5.41, 5.74) is 1.72. The Morgan fingerprint density at radius 3 is 1.76 bits per heavy atom. The summed E-state index contributed by atoms with van der Waals surface area (Å²) < 4.78 is 25.3. The van der Waals surface area contributed by atoms with Gasteiger partial charge in [-0.2, -0.15) is 0 Å². The monoisotopic (exact) mass is 765 g/mol. The topological polar surface area (TPSA) is 173 Å². The van der Waals surface area contributed by atoms with Gasteiger partial charge in [-0.25, -0.2) is 14.4 Å². The fourth-order valence-corrected chi connectivity index (χ4v) is 5.33. The van der Waals surface area contributed by atoms with Crippen molar-refractivity contribution in [2.24, 2.45) is 11.8 Å². The normalized spacial score (nSPS) is 15.3. The third-order valence-electron chi connectivity index (χ3n) is 7.41. The highest BCUT2D eigenvalue weighted by Gasteiger charge is 2.37. The molecule has 1 fully saturated rings. The summed E-state index contributed by atoms with van der Waals surface area (Å²) in [6.45, 7) is 10.4. The Morgan fingerprint density at radius 1 is 0.882 bits per heavy atom. The molecule has 51 heavy (non-hydrogen) atoms. The predicted octanol–water partition coefficient (Wildman–Crippen LogP) is 4.25. The maximum absolute atomic E-state index is 12.2. The predicted molar refractivity (Wildman–Crippen MR) is 193 cm³/mol. The van der Waals surface area contributed by atoms with Crippen LogP contribution in [0, 0.1) is 25.7 Å². The molecule has 4 atom stereocenters. The van der Waals surface area contributed by atoms with Gasteiger partial charge in [-0.05, 0) is 68.7 Å². The number of carbonyl (C=O) groups is 4. The fourth-order valence-electron chi connectivity index (χ4n) is 4.88. The number of rotatable bonds is 12. The van der Waals surface area contributed by atoms with E-state index in [0.717, 1.165) is 29.8 Å². The fraction of sp³-hybridized carbons (Fsp3) is 0.405. The summed E-state index contributed by atoms with van der Waals surface area (Å²) in [5, 5.41) is 24.3. The number of carboxylic acids is 2. The largest absolute Gasteiger partial charge is 0.546 e. The molecule has 1 saturated heterocycles. The van der Waals surface area contributed by atoms with Crippen molar-refractivity contribution in [2.45, 2.75) is 58.8 Å². The Bertz CT molecular complexity index is 1550. The summed E-state index contributed by atoms with van der Waals surface area (Å²) in [6, 6.07) is 17.4. The minimum atomic E-state index is -2.33. The molecular formula is C37H45Cl2NO10S. The SMILES string of the molecule is CC(C)C[C@H](Oc1ccc(Cl)cc1Cl)[C@H]1CC[NH2+]C1.CS(C)=O.Cc1ccc(C(=O)O[C@@H](C(=O)[O-])[C@@H](OC(=O)c2ccc(C)cc2)C(=O)O)cc1. The molecule has 1 heterocycles. The zero-order valence-corrected chi connectivity index (χ0v) is 31.8. The lowest BCUT2D eigenvalue weighted by Crippen LogP contribution is -2.81. The third-order valence-corrected chi connectivity index (χ3v) is 7.94. The van der Waals surface area contributed by atoms with E-state index in [2.05, 4.69) is 19.2 Å². The van der Waals surface area contributed by atoms with Crippen LogP contribution in [0.2, 0.25) is 10.0 Å². The van der Waals surface area contributed by atoms with Crippen LogP contribution in [0.25, 0.3) is 0 Å². The summed E-state index contributed by atoms with van der Waals surface area (Å²) in [7, 11) is -0.611. The third kappa shape index (κ3) is 15.4. The molecule has 0 aliphatic carbocycles. The van der Waals surface area contributed by atoms with E-state index in [1.54, 1.807) is 56.7 Å². The Kier molecular flexibility index (Phi) is 18.1. The van der Waals surface area contributed by atoms with E-state index < -0.39 is 46.9 Å². The first-order chi connectivity index (χ1) is 24.0. The van der Waals surface area contributed by atoms with Gasteiger partial charge in [-0.3, -0.25) is 4.21 Å². The molecule has 11 nitrogen and oxygen atoms in total. The highest BCUT2D eigenvalue weighted by Crippen LogP contribution is 2.31. The van der Waals surface area contributed by atoms with Crippen molar-refractivity contribution >= 4 is 57.9 Å². The minimum Gasteiger partial charge on any atom is -0.546 e. The van der Waals surface area contributed by atoms with Crippen LogP contribution in [0.1, 0.15) is 58.5 Å². The van der Waals surface area contributed by atoms with Gasteiger partial charge in [-0.15, -0.1) is 0 Å². The molecule has 0 saturated carbocycles. The zero-order valence-electron chi connectivity index (χ0n) is 29.4. The lowest BCUT2D eigenvalue weighted by molar-refractivity contribution is -0.638. The highest BCUT2D eigenvalue weighted by molar-refractivity contribution is 7.83. The van der Waals surface area contributed by atoms with Gasteiger partial charge in [0, 0.05) is 34.8 Å². The second-order valence-corrected chi connectivity index (χ2v) is 14.8. The van der Waals surface area contributed by atoms with Crippen LogP contribution in [0.4, 0.5) is 0 Å². The Labute approximate surface area is 311 Å². The van der Waals surface area contributed by atoms with Crippen molar-refractivity contribution in [3.63, 3.8) is 0 Å². The number of esters is 2. The van der Waals surface area contributed by atoms with E-state index in [0.29, 0.717) is 21.9 Å². The van der Waals surface area contributed by atoms with Gasteiger partial charge in [0.05, 0.1) is 41.1 Å². The van der Waals surface area contributed by atoms with Crippen LogP contribution < -0.4 is 15.2 Å². The maximum atomic E-state index is 12.2. The first-order valence-electron chi connectivity index (χ1n) is 16.2.